The standard InChI is InChI=1S/C15H11FN2O/c16-10-4-3-5-11(8-10)17-9-13-12-6-1-2-7-14(12)18-15(13)19/h1-9,18-19H. The zero-order valence-electron chi connectivity index (χ0n) is 9.97. The lowest BCUT2D eigenvalue weighted by Gasteiger charge is -1.94. The fourth-order valence-corrected chi connectivity index (χ4v) is 1.98. The number of aromatic amines is 1. The molecular weight excluding hydrogens is 243 g/mol. The highest BCUT2D eigenvalue weighted by molar-refractivity contribution is 6.02. The van der Waals surface area contributed by atoms with Crippen LogP contribution in [0.5, 0.6) is 5.88 Å². The van der Waals surface area contributed by atoms with Crippen molar-refractivity contribution in [1.82, 2.24) is 4.98 Å². The number of hydrogen-bond acceptors (Lipinski definition) is 2. The average molecular weight is 254 g/mol. The number of aliphatic imine (C=N–C) groups is 1. The predicted molar refractivity (Wildman–Crippen MR) is 73.6 cm³/mol. The summed E-state index contributed by atoms with van der Waals surface area (Å²) in [6.45, 7) is 0. The van der Waals surface area contributed by atoms with E-state index in [9.17, 15) is 9.50 Å². The molecule has 3 rings (SSSR count). The van der Waals surface area contributed by atoms with E-state index in [1.54, 1.807) is 12.1 Å². The molecule has 2 N–H and O–H groups in total. The van der Waals surface area contributed by atoms with Gasteiger partial charge in [0, 0.05) is 17.1 Å². The number of rotatable bonds is 2. The minimum Gasteiger partial charge on any atom is -0.494 e. The van der Waals surface area contributed by atoms with E-state index in [0.717, 1.165) is 10.9 Å². The van der Waals surface area contributed by atoms with Crippen LogP contribution in [-0.4, -0.2) is 16.3 Å². The summed E-state index contributed by atoms with van der Waals surface area (Å²) in [4.78, 5) is 7.04. The van der Waals surface area contributed by atoms with E-state index in [2.05, 4.69) is 9.98 Å². The molecule has 0 saturated heterocycles. The van der Waals surface area contributed by atoms with Crippen molar-refractivity contribution in [1.29, 1.82) is 0 Å². The van der Waals surface area contributed by atoms with Crippen molar-refractivity contribution in [3.8, 4) is 5.88 Å². The molecule has 19 heavy (non-hydrogen) atoms. The van der Waals surface area contributed by atoms with Gasteiger partial charge in [0.05, 0.1) is 11.3 Å². The van der Waals surface area contributed by atoms with E-state index in [4.69, 9.17) is 0 Å². The maximum atomic E-state index is 13.0. The molecule has 1 heterocycles. The first-order valence-corrected chi connectivity index (χ1v) is 5.83. The van der Waals surface area contributed by atoms with Crippen molar-refractivity contribution < 1.29 is 9.50 Å². The highest BCUT2D eigenvalue weighted by atomic mass is 19.1. The van der Waals surface area contributed by atoms with Gasteiger partial charge >= 0.3 is 0 Å². The monoisotopic (exact) mass is 254 g/mol. The molecule has 2 aromatic carbocycles. The molecule has 0 bridgehead atoms. The minimum absolute atomic E-state index is 0.0568. The molecule has 94 valence electrons. The molecule has 4 heteroatoms. The van der Waals surface area contributed by atoms with Gasteiger partial charge in [-0.3, -0.25) is 4.99 Å². The molecule has 0 aliphatic carbocycles. The lowest BCUT2D eigenvalue weighted by molar-refractivity contribution is 0.457. The number of hydrogen-bond donors (Lipinski definition) is 2. The SMILES string of the molecule is Oc1[nH]c2ccccc2c1C=Nc1cccc(F)c1. The first-order valence-electron chi connectivity index (χ1n) is 5.83. The number of benzene rings is 2. The number of aromatic nitrogens is 1. The quantitative estimate of drug-likeness (QED) is 0.672. The number of para-hydroxylation sites is 1. The highest BCUT2D eigenvalue weighted by Gasteiger charge is 2.07. The predicted octanol–water partition coefficient (Wildman–Crippen LogP) is 3.76. The Morgan fingerprint density at radius 2 is 1.95 bits per heavy atom. The van der Waals surface area contributed by atoms with Gasteiger partial charge in [-0.1, -0.05) is 24.3 Å². The third-order valence-electron chi connectivity index (χ3n) is 2.88. The summed E-state index contributed by atoms with van der Waals surface area (Å²) in [5, 5.41) is 10.7. The fourth-order valence-electron chi connectivity index (χ4n) is 1.98. The molecule has 3 aromatic rings. The number of halogens is 1. The first-order chi connectivity index (χ1) is 9.24. The summed E-state index contributed by atoms with van der Waals surface area (Å²) < 4.78 is 13.0. The largest absolute Gasteiger partial charge is 0.494 e. The van der Waals surface area contributed by atoms with Crippen LogP contribution in [-0.2, 0) is 0 Å². The highest BCUT2D eigenvalue weighted by Crippen LogP contribution is 2.26. The molecule has 0 radical (unpaired) electrons. The Balaban J connectivity index is 2.03. The second kappa shape index (κ2) is 4.57. The van der Waals surface area contributed by atoms with Crippen molar-refractivity contribution in [3.63, 3.8) is 0 Å². The van der Waals surface area contributed by atoms with E-state index < -0.39 is 0 Å². The third-order valence-corrected chi connectivity index (χ3v) is 2.88. The molecule has 0 atom stereocenters. The van der Waals surface area contributed by atoms with Crippen LogP contribution in [0, 0.1) is 5.82 Å². The first kappa shape index (κ1) is 11.5. The normalized spacial score (nSPS) is 11.4. The summed E-state index contributed by atoms with van der Waals surface area (Å²) in [6.07, 6.45) is 1.53. The Morgan fingerprint density at radius 3 is 2.79 bits per heavy atom. The van der Waals surface area contributed by atoms with Crippen LogP contribution in [0.25, 0.3) is 10.9 Å². The van der Waals surface area contributed by atoms with Gasteiger partial charge < -0.3 is 10.1 Å². The number of nitrogens with one attached hydrogen (secondary N) is 1. The van der Waals surface area contributed by atoms with E-state index in [-0.39, 0.29) is 11.7 Å². The van der Waals surface area contributed by atoms with Crippen LogP contribution in [0.15, 0.2) is 53.5 Å². The van der Waals surface area contributed by atoms with Crippen molar-refractivity contribution >= 4 is 22.8 Å². The maximum absolute atomic E-state index is 13.0. The molecule has 0 aliphatic rings. The lowest BCUT2D eigenvalue weighted by Crippen LogP contribution is -1.79. The summed E-state index contributed by atoms with van der Waals surface area (Å²) >= 11 is 0. The second-order valence-electron chi connectivity index (χ2n) is 4.17. The number of fused-ring (bicyclic) bond motifs is 1. The van der Waals surface area contributed by atoms with E-state index in [1.165, 1.54) is 18.3 Å². The summed E-state index contributed by atoms with van der Waals surface area (Å²) in [6, 6.07) is 13.5. The molecule has 0 fully saturated rings. The lowest BCUT2D eigenvalue weighted by atomic mass is 10.2. The van der Waals surface area contributed by atoms with E-state index in [0.29, 0.717) is 11.3 Å². The Hall–Kier alpha value is -2.62. The molecule has 1 aromatic heterocycles. The Morgan fingerprint density at radius 1 is 1.11 bits per heavy atom. The molecule has 3 nitrogen and oxygen atoms in total. The van der Waals surface area contributed by atoms with Crippen LogP contribution in [0.2, 0.25) is 0 Å². The van der Waals surface area contributed by atoms with Gasteiger partial charge in [-0.25, -0.2) is 4.39 Å². The van der Waals surface area contributed by atoms with Gasteiger partial charge in [-0.2, -0.15) is 0 Å². The van der Waals surface area contributed by atoms with Crippen LogP contribution in [0.3, 0.4) is 0 Å². The van der Waals surface area contributed by atoms with Crippen molar-refractivity contribution in [2.24, 2.45) is 4.99 Å². The van der Waals surface area contributed by atoms with Crippen LogP contribution < -0.4 is 0 Å². The molecule has 0 amide bonds. The van der Waals surface area contributed by atoms with Crippen LogP contribution >= 0.6 is 0 Å². The third kappa shape index (κ3) is 2.20. The van der Waals surface area contributed by atoms with Gasteiger partial charge in [-0.05, 0) is 24.3 Å². The molecule has 0 spiro atoms. The summed E-state index contributed by atoms with van der Waals surface area (Å²) in [7, 11) is 0. The van der Waals surface area contributed by atoms with Gasteiger partial charge in [0.2, 0.25) is 0 Å². The average Bonchev–Trinajstić information content (AvgIpc) is 2.72. The van der Waals surface area contributed by atoms with Crippen molar-refractivity contribution in [2.45, 2.75) is 0 Å². The van der Waals surface area contributed by atoms with Crippen LogP contribution in [0.4, 0.5) is 10.1 Å². The molecular formula is C15H11FN2O. The summed E-state index contributed by atoms with van der Waals surface area (Å²) in [5.41, 5.74) is 1.94. The van der Waals surface area contributed by atoms with E-state index in [1.807, 2.05) is 24.3 Å². The van der Waals surface area contributed by atoms with E-state index >= 15 is 0 Å². The molecule has 0 unspecified atom stereocenters. The second-order valence-corrected chi connectivity index (χ2v) is 4.17. The Labute approximate surface area is 109 Å². The number of nitrogens with zero attached hydrogens (tertiary/aromatic N) is 1. The zero-order valence-corrected chi connectivity index (χ0v) is 9.97. The Kier molecular flexibility index (Phi) is 2.76. The fraction of sp³-hybridized carbons (Fsp3) is 0. The smallest absolute Gasteiger partial charge is 0.198 e. The molecule has 0 saturated carbocycles. The van der Waals surface area contributed by atoms with Crippen molar-refractivity contribution in [3.05, 3.63) is 59.9 Å². The zero-order chi connectivity index (χ0) is 13.2. The number of H-pyrrole nitrogens is 1. The maximum Gasteiger partial charge on any atom is 0.198 e. The van der Waals surface area contributed by atoms with Crippen molar-refractivity contribution in [2.75, 3.05) is 0 Å². The van der Waals surface area contributed by atoms with Crippen LogP contribution in [0.1, 0.15) is 5.56 Å². The van der Waals surface area contributed by atoms with Gasteiger partial charge in [0.25, 0.3) is 0 Å². The van der Waals surface area contributed by atoms with Gasteiger partial charge in [0.15, 0.2) is 5.88 Å². The summed E-state index contributed by atoms with van der Waals surface area (Å²) in [5.74, 6) is -0.279. The topological polar surface area (TPSA) is 48.4 Å². The minimum atomic E-state index is -0.335. The van der Waals surface area contributed by atoms with Gasteiger partial charge in [0.1, 0.15) is 5.82 Å². The number of aromatic hydroxyl groups is 1. The Bertz CT molecular complexity index is 762. The van der Waals surface area contributed by atoms with Gasteiger partial charge in [-0.15, -0.1) is 0 Å². The molecule has 0 aliphatic heterocycles.